The van der Waals surface area contributed by atoms with Gasteiger partial charge in [-0.2, -0.15) is 0 Å². The Morgan fingerprint density at radius 1 is 1.32 bits per heavy atom. The summed E-state index contributed by atoms with van der Waals surface area (Å²) in [6.45, 7) is 4.38. The molecule has 1 heterocycles. The lowest BCUT2D eigenvalue weighted by molar-refractivity contribution is 0.229. The van der Waals surface area contributed by atoms with Crippen LogP contribution in [0.1, 0.15) is 33.6 Å². The van der Waals surface area contributed by atoms with E-state index >= 15 is 0 Å². The van der Waals surface area contributed by atoms with E-state index in [1.165, 1.54) is 0 Å². The first kappa shape index (κ1) is 16.5. The summed E-state index contributed by atoms with van der Waals surface area (Å²) >= 11 is 1.59. The predicted molar refractivity (Wildman–Crippen MR) is 87.8 cm³/mol. The van der Waals surface area contributed by atoms with Crippen LogP contribution in [0, 0.1) is 13.8 Å². The van der Waals surface area contributed by atoms with Crippen LogP contribution < -0.4 is 10.6 Å². The van der Waals surface area contributed by atoms with Crippen LogP contribution in [0.2, 0.25) is 0 Å². The zero-order valence-corrected chi connectivity index (χ0v) is 13.6. The smallest absolute Gasteiger partial charge is 0.315 e. The van der Waals surface area contributed by atoms with Crippen LogP contribution in [0.3, 0.4) is 0 Å². The maximum Gasteiger partial charge on any atom is 0.315 e. The van der Waals surface area contributed by atoms with Gasteiger partial charge in [0.05, 0.1) is 23.3 Å². The Kier molecular flexibility index (Phi) is 5.91. The number of nitrogens with zero attached hydrogens (tertiary/aromatic N) is 1. The Bertz CT molecular complexity index is 613. The molecule has 0 aliphatic heterocycles. The van der Waals surface area contributed by atoms with Crippen molar-refractivity contribution >= 4 is 17.4 Å². The van der Waals surface area contributed by atoms with Crippen molar-refractivity contribution in [1.29, 1.82) is 0 Å². The van der Waals surface area contributed by atoms with Gasteiger partial charge >= 0.3 is 6.03 Å². The molecule has 0 aliphatic rings. The molecule has 5 nitrogen and oxygen atoms in total. The molecule has 0 bridgehead atoms. The molecule has 0 saturated carbocycles. The number of hydrogen-bond donors (Lipinski definition) is 3. The molecule has 2 rings (SSSR count). The molecule has 1 aromatic heterocycles. The van der Waals surface area contributed by atoms with Gasteiger partial charge < -0.3 is 15.7 Å². The predicted octanol–water partition coefficient (Wildman–Crippen LogP) is 2.68. The number of urea groups is 1. The minimum absolute atomic E-state index is 0.0208. The zero-order chi connectivity index (χ0) is 15.9. The fourth-order valence-electron chi connectivity index (χ4n) is 2.24. The number of aliphatic hydroxyl groups excluding tert-OH is 1. The summed E-state index contributed by atoms with van der Waals surface area (Å²) in [7, 11) is 0. The first-order valence-corrected chi connectivity index (χ1v) is 8.05. The lowest BCUT2D eigenvalue weighted by Gasteiger charge is -2.18. The van der Waals surface area contributed by atoms with Crippen molar-refractivity contribution in [3.05, 3.63) is 51.5 Å². The van der Waals surface area contributed by atoms with E-state index in [0.717, 1.165) is 21.1 Å². The highest BCUT2D eigenvalue weighted by atomic mass is 32.1. The third kappa shape index (κ3) is 4.54. The van der Waals surface area contributed by atoms with Crippen molar-refractivity contribution in [3.8, 4) is 0 Å². The zero-order valence-electron chi connectivity index (χ0n) is 12.8. The van der Waals surface area contributed by atoms with E-state index in [1.807, 2.05) is 44.2 Å². The molecule has 0 spiro atoms. The van der Waals surface area contributed by atoms with Crippen LogP contribution in [0.25, 0.3) is 0 Å². The third-order valence-electron chi connectivity index (χ3n) is 3.33. The standard InChI is InChI=1S/C16H21N3O2S/c1-11-15(22-12(2)18-11)10-17-16(21)19-14(8-9-20)13-6-4-3-5-7-13/h3-7,14,20H,8-10H2,1-2H3,(H2,17,19,21)/t14-/m1/s1. The van der Waals surface area contributed by atoms with Gasteiger partial charge in [0, 0.05) is 11.5 Å². The van der Waals surface area contributed by atoms with E-state index in [4.69, 9.17) is 0 Å². The van der Waals surface area contributed by atoms with E-state index < -0.39 is 0 Å². The maximum atomic E-state index is 12.1. The van der Waals surface area contributed by atoms with Gasteiger partial charge in [-0.15, -0.1) is 11.3 Å². The molecule has 0 radical (unpaired) electrons. The molecule has 6 heteroatoms. The van der Waals surface area contributed by atoms with E-state index in [9.17, 15) is 9.90 Å². The Balaban J connectivity index is 1.92. The van der Waals surface area contributed by atoms with Gasteiger partial charge in [-0.3, -0.25) is 0 Å². The number of amides is 2. The normalized spacial score (nSPS) is 12.0. The summed E-state index contributed by atoms with van der Waals surface area (Å²) in [5, 5.41) is 15.9. The first-order valence-electron chi connectivity index (χ1n) is 7.23. The molecular formula is C16H21N3O2S. The number of aromatic nitrogens is 1. The Labute approximate surface area is 134 Å². The number of aliphatic hydroxyl groups is 1. The van der Waals surface area contributed by atoms with Crippen LogP contribution in [-0.4, -0.2) is 22.7 Å². The summed E-state index contributed by atoms with van der Waals surface area (Å²) in [4.78, 5) is 17.5. The molecule has 2 aromatic rings. The maximum absolute atomic E-state index is 12.1. The van der Waals surface area contributed by atoms with Gasteiger partial charge in [0.1, 0.15) is 0 Å². The molecule has 3 N–H and O–H groups in total. The SMILES string of the molecule is Cc1nc(C)c(CNC(=O)N[C@H](CCO)c2ccccc2)s1. The molecule has 0 fully saturated rings. The Morgan fingerprint density at radius 2 is 2.05 bits per heavy atom. The number of rotatable bonds is 6. The van der Waals surface area contributed by atoms with Crippen LogP contribution in [0.5, 0.6) is 0 Å². The third-order valence-corrected chi connectivity index (χ3v) is 4.41. The van der Waals surface area contributed by atoms with Crippen LogP contribution in [0.15, 0.2) is 30.3 Å². The number of nitrogens with one attached hydrogen (secondary N) is 2. The van der Waals surface area contributed by atoms with Gasteiger partial charge in [0.2, 0.25) is 0 Å². The number of thiazole rings is 1. The second kappa shape index (κ2) is 7.91. The Morgan fingerprint density at radius 3 is 2.64 bits per heavy atom. The summed E-state index contributed by atoms with van der Waals surface area (Å²) in [5.74, 6) is 0. The van der Waals surface area contributed by atoms with Gasteiger partial charge in [-0.25, -0.2) is 9.78 Å². The molecule has 0 unspecified atom stereocenters. The molecule has 118 valence electrons. The van der Waals surface area contributed by atoms with Crippen molar-refractivity contribution in [2.75, 3.05) is 6.61 Å². The minimum atomic E-state index is -0.243. The van der Waals surface area contributed by atoms with Gasteiger partial charge in [-0.1, -0.05) is 30.3 Å². The van der Waals surface area contributed by atoms with Crippen molar-refractivity contribution in [2.45, 2.75) is 32.9 Å². The largest absolute Gasteiger partial charge is 0.396 e. The molecular weight excluding hydrogens is 298 g/mol. The monoisotopic (exact) mass is 319 g/mol. The number of carbonyl (C=O) groups excluding carboxylic acids is 1. The van der Waals surface area contributed by atoms with E-state index in [-0.39, 0.29) is 18.7 Å². The van der Waals surface area contributed by atoms with Crippen molar-refractivity contribution < 1.29 is 9.90 Å². The van der Waals surface area contributed by atoms with Crippen molar-refractivity contribution in [3.63, 3.8) is 0 Å². The van der Waals surface area contributed by atoms with E-state index in [2.05, 4.69) is 15.6 Å². The lowest BCUT2D eigenvalue weighted by Crippen LogP contribution is -2.37. The average molecular weight is 319 g/mol. The van der Waals surface area contributed by atoms with E-state index in [1.54, 1.807) is 11.3 Å². The fourth-order valence-corrected chi connectivity index (χ4v) is 3.12. The second-order valence-electron chi connectivity index (χ2n) is 5.04. The average Bonchev–Trinajstić information content (AvgIpc) is 2.83. The van der Waals surface area contributed by atoms with Crippen LogP contribution in [0.4, 0.5) is 4.79 Å². The molecule has 22 heavy (non-hydrogen) atoms. The number of hydrogen-bond acceptors (Lipinski definition) is 4. The minimum Gasteiger partial charge on any atom is -0.396 e. The molecule has 2 amide bonds. The fraction of sp³-hybridized carbons (Fsp3) is 0.375. The second-order valence-corrected chi connectivity index (χ2v) is 6.33. The van der Waals surface area contributed by atoms with Gasteiger partial charge in [0.15, 0.2) is 0 Å². The number of benzene rings is 1. The molecule has 1 aromatic carbocycles. The highest BCUT2D eigenvalue weighted by molar-refractivity contribution is 7.11. The van der Waals surface area contributed by atoms with Crippen molar-refractivity contribution in [2.24, 2.45) is 0 Å². The number of aryl methyl sites for hydroxylation is 2. The first-order chi connectivity index (χ1) is 10.6. The highest BCUT2D eigenvalue weighted by Gasteiger charge is 2.14. The van der Waals surface area contributed by atoms with Crippen molar-refractivity contribution in [1.82, 2.24) is 15.6 Å². The van der Waals surface area contributed by atoms with Crippen LogP contribution >= 0.6 is 11.3 Å². The van der Waals surface area contributed by atoms with Gasteiger partial charge in [0.25, 0.3) is 0 Å². The summed E-state index contributed by atoms with van der Waals surface area (Å²) in [6.07, 6.45) is 0.482. The Hall–Kier alpha value is -1.92. The molecule has 0 saturated heterocycles. The van der Waals surface area contributed by atoms with E-state index in [0.29, 0.717) is 13.0 Å². The quantitative estimate of drug-likeness (QED) is 0.766. The molecule has 1 atom stereocenters. The number of carbonyl (C=O) groups is 1. The lowest BCUT2D eigenvalue weighted by atomic mass is 10.0. The highest BCUT2D eigenvalue weighted by Crippen LogP contribution is 2.17. The van der Waals surface area contributed by atoms with Crippen LogP contribution in [-0.2, 0) is 6.54 Å². The summed E-state index contributed by atoms with van der Waals surface area (Å²) in [5.41, 5.74) is 1.94. The summed E-state index contributed by atoms with van der Waals surface area (Å²) < 4.78 is 0. The molecule has 0 aliphatic carbocycles. The summed E-state index contributed by atoms with van der Waals surface area (Å²) in [6, 6.07) is 9.21. The topological polar surface area (TPSA) is 74.2 Å². The van der Waals surface area contributed by atoms with Gasteiger partial charge in [-0.05, 0) is 25.8 Å².